The van der Waals surface area contributed by atoms with Gasteiger partial charge in [0.25, 0.3) is 0 Å². The normalized spacial score (nSPS) is 16.4. The van der Waals surface area contributed by atoms with Gasteiger partial charge in [-0.2, -0.15) is 4.48 Å². The molecule has 0 aromatic carbocycles. The first-order chi connectivity index (χ1) is 23.9. The van der Waals surface area contributed by atoms with E-state index in [-0.39, 0.29) is 10.9 Å². The summed E-state index contributed by atoms with van der Waals surface area (Å²) < 4.78 is -0.128. The van der Waals surface area contributed by atoms with Gasteiger partial charge in [0.05, 0.1) is 6.54 Å². The minimum absolute atomic E-state index is 0.128. The Morgan fingerprint density at radius 1 is 0.612 bits per heavy atom. The van der Waals surface area contributed by atoms with Crippen molar-refractivity contribution >= 4 is 18.3 Å². The minimum Gasteiger partial charge on any atom is -0.550 e. The SMILES string of the molecule is CCCCCCCC/C=C\CCCCCCCCC(CCCCCCCC/C=C\CCCCCCCC)(CC(=O)[O-])[N+]1(C(N)=O)C=NCC1. The molecule has 0 saturated carbocycles. The Kier molecular flexibility index (Phi) is 28.4. The fraction of sp³-hybridized carbons (Fsp3) is 0.837. The van der Waals surface area contributed by atoms with Crippen LogP contribution in [0.1, 0.15) is 213 Å². The van der Waals surface area contributed by atoms with E-state index in [1.54, 1.807) is 6.34 Å². The van der Waals surface area contributed by atoms with Crippen LogP contribution < -0.4 is 10.8 Å². The number of hydrogen-bond acceptors (Lipinski definition) is 4. The van der Waals surface area contributed by atoms with E-state index >= 15 is 0 Å². The summed E-state index contributed by atoms with van der Waals surface area (Å²) in [5.74, 6) is -1.09. The van der Waals surface area contributed by atoms with Crippen molar-refractivity contribution in [1.29, 1.82) is 0 Å². The summed E-state index contributed by atoms with van der Waals surface area (Å²) in [6.07, 6.45) is 46.8. The predicted molar refractivity (Wildman–Crippen MR) is 209 cm³/mol. The standard InChI is InChI=1S/C43H79N3O3/c1-3-5-7-9-11-13-15-17-19-21-23-25-27-29-31-33-35-43(39-41(47)48,46(42(44)49)38-37-45-40-46)36-34-32-30-28-26-24-22-20-18-16-14-12-10-8-6-4-2/h17-20,40H,3-16,21-39H2,1-2H3,(H2-,44,47,48,49)/b19-17-,20-18-. The predicted octanol–water partition coefficient (Wildman–Crippen LogP) is 11.7. The second-order valence-electron chi connectivity index (χ2n) is 15.1. The fourth-order valence-electron chi connectivity index (χ4n) is 7.74. The molecule has 0 spiro atoms. The number of urea groups is 1. The third-order valence-corrected chi connectivity index (χ3v) is 10.9. The van der Waals surface area contributed by atoms with Crippen LogP contribution in [0, 0.1) is 0 Å². The molecule has 1 heterocycles. The van der Waals surface area contributed by atoms with Gasteiger partial charge in [0.1, 0.15) is 12.1 Å². The van der Waals surface area contributed by atoms with Crippen molar-refractivity contribution in [2.75, 3.05) is 13.1 Å². The molecule has 6 nitrogen and oxygen atoms in total. The van der Waals surface area contributed by atoms with Crippen LogP contribution in [0.3, 0.4) is 0 Å². The van der Waals surface area contributed by atoms with Crippen LogP contribution in [0.4, 0.5) is 4.79 Å². The molecule has 0 fully saturated rings. The van der Waals surface area contributed by atoms with Crippen molar-refractivity contribution in [3.63, 3.8) is 0 Å². The average Bonchev–Trinajstić information content (AvgIpc) is 3.60. The summed E-state index contributed by atoms with van der Waals surface area (Å²) in [5.41, 5.74) is 5.26. The van der Waals surface area contributed by atoms with Crippen molar-refractivity contribution < 1.29 is 19.2 Å². The number of aliphatic imine (C=N–C) groups is 1. The summed E-state index contributed by atoms with van der Waals surface area (Å²) in [7, 11) is 0. The molecule has 1 aliphatic rings. The number of carbonyl (C=O) groups excluding carboxylic acids is 2. The van der Waals surface area contributed by atoms with Crippen LogP contribution in [0.15, 0.2) is 29.3 Å². The smallest absolute Gasteiger partial charge is 0.420 e. The Morgan fingerprint density at radius 3 is 1.27 bits per heavy atom. The minimum atomic E-state index is -1.09. The fourth-order valence-corrected chi connectivity index (χ4v) is 7.74. The maximum atomic E-state index is 13.0. The van der Waals surface area contributed by atoms with Crippen LogP contribution in [0.2, 0.25) is 0 Å². The van der Waals surface area contributed by atoms with Crippen LogP contribution in [0.5, 0.6) is 0 Å². The van der Waals surface area contributed by atoms with E-state index in [0.29, 0.717) is 25.9 Å². The van der Waals surface area contributed by atoms with E-state index in [1.807, 2.05) is 0 Å². The molecule has 0 aromatic heterocycles. The largest absolute Gasteiger partial charge is 0.550 e. The molecule has 1 atom stereocenters. The first kappa shape index (κ1) is 45.1. The number of allylic oxidation sites excluding steroid dienone is 4. The zero-order chi connectivity index (χ0) is 35.7. The van der Waals surface area contributed by atoms with E-state index in [1.165, 1.54) is 141 Å². The zero-order valence-electron chi connectivity index (χ0n) is 32.4. The first-order valence-corrected chi connectivity index (χ1v) is 21.1. The monoisotopic (exact) mass is 686 g/mol. The highest BCUT2D eigenvalue weighted by Gasteiger charge is 2.55. The molecule has 284 valence electrons. The van der Waals surface area contributed by atoms with E-state index < -0.39 is 17.5 Å². The Morgan fingerprint density at radius 2 is 0.959 bits per heavy atom. The molecular formula is C43H79N3O3. The van der Waals surface area contributed by atoms with Crippen LogP contribution in [-0.4, -0.2) is 41.5 Å². The highest BCUT2D eigenvalue weighted by molar-refractivity contribution is 5.77. The maximum Gasteiger partial charge on any atom is 0.420 e. The van der Waals surface area contributed by atoms with Crippen molar-refractivity contribution in [3.8, 4) is 0 Å². The lowest BCUT2D eigenvalue weighted by Gasteiger charge is -2.46. The number of carboxylic acid groups (broad SMARTS) is 1. The number of rotatable bonds is 35. The lowest BCUT2D eigenvalue weighted by Crippen LogP contribution is -2.69. The van der Waals surface area contributed by atoms with Crippen LogP contribution in [-0.2, 0) is 4.79 Å². The van der Waals surface area contributed by atoms with Crippen LogP contribution >= 0.6 is 0 Å². The Bertz CT molecular complexity index is 857. The number of amides is 2. The quantitative estimate of drug-likeness (QED) is 0.0408. The second kappa shape index (κ2) is 30.8. The van der Waals surface area contributed by atoms with Gasteiger partial charge in [-0.3, -0.25) is 0 Å². The number of unbranched alkanes of at least 4 members (excludes halogenated alkanes) is 24. The summed E-state index contributed by atoms with van der Waals surface area (Å²) in [5, 5.41) is 12.2. The highest BCUT2D eigenvalue weighted by atomic mass is 16.4. The van der Waals surface area contributed by atoms with E-state index in [9.17, 15) is 14.7 Å². The lowest BCUT2D eigenvalue weighted by atomic mass is 9.79. The molecule has 49 heavy (non-hydrogen) atoms. The van der Waals surface area contributed by atoms with Crippen molar-refractivity contribution in [1.82, 2.24) is 0 Å². The average molecular weight is 686 g/mol. The number of aliphatic carboxylic acids is 1. The van der Waals surface area contributed by atoms with Gasteiger partial charge in [0.2, 0.25) is 0 Å². The maximum absolute atomic E-state index is 13.0. The topological polar surface area (TPSA) is 95.6 Å². The number of hydrogen-bond donors (Lipinski definition) is 1. The molecule has 0 radical (unpaired) electrons. The summed E-state index contributed by atoms with van der Waals surface area (Å²) in [4.78, 5) is 29.5. The molecule has 2 amide bonds. The molecule has 6 heteroatoms. The molecular weight excluding hydrogens is 606 g/mol. The number of primary amides is 1. The molecule has 0 aromatic rings. The van der Waals surface area contributed by atoms with E-state index in [2.05, 4.69) is 43.1 Å². The van der Waals surface area contributed by atoms with E-state index in [4.69, 9.17) is 5.73 Å². The number of nitrogens with two attached hydrogens (primary N) is 1. The van der Waals surface area contributed by atoms with Gasteiger partial charge in [-0.25, -0.2) is 9.79 Å². The van der Waals surface area contributed by atoms with Crippen LogP contribution in [0.25, 0.3) is 0 Å². The number of carboxylic acids is 1. The van der Waals surface area contributed by atoms with Gasteiger partial charge in [0, 0.05) is 25.2 Å². The number of carbonyl (C=O) groups is 2. The van der Waals surface area contributed by atoms with E-state index in [0.717, 1.165) is 38.5 Å². The van der Waals surface area contributed by atoms with Crippen molar-refractivity contribution in [3.05, 3.63) is 24.3 Å². The zero-order valence-corrected chi connectivity index (χ0v) is 32.4. The molecule has 2 N–H and O–H groups in total. The first-order valence-electron chi connectivity index (χ1n) is 21.1. The third kappa shape index (κ3) is 21.1. The van der Waals surface area contributed by atoms with Gasteiger partial charge < -0.3 is 15.6 Å². The number of nitrogens with zero attached hydrogens (tertiary/aromatic N) is 2. The van der Waals surface area contributed by atoms with Gasteiger partial charge in [-0.15, -0.1) is 0 Å². The molecule has 0 saturated heterocycles. The van der Waals surface area contributed by atoms with Gasteiger partial charge in [-0.05, 0) is 64.2 Å². The Hall–Kier alpha value is -1.95. The Balaban J connectivity index is 2.40. The molecule has 1 unspecified atom stereocenters. The number of quaternary nitrogens is 1. The summed E-state index contributed by atoms with van der Waals surface area (Å²) >= 11 is 0. The Labute approximate surface area is 303 Å². The van der Waals surface area contributed by atoms with Crippen molar-refractivity contribution in [2.24, 2.45) is 10.7 Å². The van der Waals surface area contributed by atoms with Gasteiger partial charge in [-0.1, -0.05) is 154 Å². The molecule has 1 rings (SSSR count). The molecule has 1 aliphatic heterocycles. The van der Waals surface area contributed by atoms with Crippen molar-refractivity contribution in [2.45, 2.75) is 218 Å². The highest BCUT2D eigenvalue weighted by Crippen LogP contribution is 2.39. The molecule has 0 bridgehead atoms. The summed E-state index contributed by atoms with van der Waals surface area (Å²) in [6.45, 7) is 5.50. The summed E-state index contributed by atoms with van der Waals surface area (Å²) in [6, 6.07) is -0.475. The van der Waals surface area contributed by atoms with Gasteiger partial charge >= 0.3 is 6.03 Å². The second-order valence-corrected chi connectivity index (χ2v) is 15.1. The van der Waals surface area contributed by atoms with Gasteiger partial charge in [0.15, 0.2) is 6.34 Å². The third-order valence-electron chi connectivity index (χ3n) is 10.9. The molecule has 0 aliphatic carbocycles. The lowest BCUT2D eigenvalue weighted by molar-refractivity contribution is -0.807.